The average Bonchev–Trinajstić information content (AvgIpc) is 2.76. The highest BCUT2D eigenvalue weighted by atomic mass is 15.3. The summed E-state index contributed by atoms with van der Waals surface area (Å²) < 4.78 is 0. The zero-order chi connectivity index (χ0) is 20.1. The van der Waals surface area contributed by atoms with Crippen molar-refractivity contribution >= 4 is 5.96 Å². The molecule has 2 N–H and O–H groups in total. The standard InChI is InChI=1S/C23H38N6/c1-3-24-23(25-16-22-18-27-11-13-28(22)14-12-27)26-21-9-10-29(19(2)15-21)17-20-7-5-4-6-8-20/h4-8,19,21-22H,3,9-18H2,1-2H3,(H2,24,25,26). The summed E-state index contributed by atoms with van der Waals surface area (Å²) in [6.07, 6.45) is 2.34. The fraction of sp³-hybridized carbons (Fsp3) is 0.696. The molecule has 6 nitrogen and oxygen atoms in total. The Labute approximate surface area is 176 Å². The Morgan fingerprint density at radius 1 is 1.10 bits per heavy atom. The SMILES string of the molecule is CCNC(=NCC1CN2CCN1CC2)NC1CCN(Cc2ccccc2)C(C)C1. The molecule has 1 aromatic carbocycles. The Morgan fingerprint density at radius 3 is 2.55 bits per heavy atom. The van der Waals surface area contributed by atoms with Crippen molar-refractivity contribution in [2.45, 2.75) is 51.4 Å². The highest BCUT2D eigenvalue weighted by molar-refractivity contribution is 5.80. The molecule has 0 spiro atoms. The minimum atomic E-state index is 0.502. The first-order chi connectivity index (χ1) is 14.2. The van der Waals surface area contributed by atoms with E-state index in [2.05, 4.69) is 69.5 Å². The van der Waals surface area contributed by atoms with Crippen molar-refractivity contribution < 1.29 is 0 Å². The maximum Gasteiger partial charge on any atom is 0.191 e. The number of nitrogens with zero attached hydrogens (tertiary/aromatic N) is 4. The smallest absolute Gasteiger partial charge is 0.191 e. The summed E-state index contributed by atoms with van der Waals surface area (Å²) in [6, 6.07) is 12.5. The summed E-state index contributed by atoms with van der Waals surface area (Å²) in [7, 11) is 0. The number of guanidine groups is 1. The fourth-order valence-electron chi connectivity index (χ4n) is 5.01. The summed E-state index contributed by atoms with van der Waals surface area (Å²) in [5.74, 6) is 0.999. The van der Waals surface area contributed by atoms with Crippen LogP contribution in [0.25, 0.3) is 0 Å². The topological polar surface area (TPSA) is 46.1 Å². The van der Waals surface area contributed by atoms with Gasteiger partial charge in [-0.15, -0.1) is 0 Å². The Bertz CT molecular complexity index is 655. The first-order valence-corrected chi connectivity index (χ1v) is 11.5. The third kappa shape index (κ3) is 5.50. The Hall–Kier alpha value is -1.63. The number of benzene rings is 1. The van der Waals surface area contributed by atoms with Gasteiger partial charge in [0.15, 0.2) is 5.96 Å². The molecule has 0 aliphatic carbocycles. The highest BCUT2D eigenvalue weighted by Crippen LogP contribution is 2.20. The van der Waals surface area contributed by atoms with Crippen LogP contribution in [0.1, 0.15) is 32.3 Å². The summed E-state index contributed by atoms with van der Waals surface area (Å²) in [5, 5.41) is 7.21. The van der Waals surface area contributed by atoms with E-state index in [1.807, 2.05) is 0 Å². The molecule has 1 aromatic rings. The molecule has 3 atom stereocenters. The van der Waals surface area contributed by atoms with Crippen molar-refractivity contribution in [3.05, 3.63) is 35.9 Å². The Morgan fingerprint density at radius 2 is 1.90 bits per heavy atom. The van der Waals surface area contributed by atoms with Gasteiger partial charge in [0.1, 0.15) is 0 Å². The van der Waals surface area contributed by atoms with Gasteiger partial charge in [-0.25, -0.2) is 0 Å². The van der Waals surface area contributed by atoms with E-state index in [9.17, 15) is 0 Å². The predicted octanol–water partition coefficient (Wildman–Crippen LogP) is 1.59. The van der Waals surface area contributed by atoms with Crippen LogP contribution in [0.3, 0.4) is 0 Å². The van der Waals surface area contributed by atoms with Crippen LogP contribution in [-0.2, 0) is 6.54 Å². The van der Waals surface area contributed by atoms with Crippen molar-refractivity contribution in [1.82, 2.24) is 25.3 Å². The molecule has 4 aliphatic rings. The second kappa shape index (κ2) is 9.92. The van der Waals surface area contributed by atoms with E-state index in [1.165, 1.54) is 51.1 Å². The number of fused-ring (bicyclic) bond motifs is 3. The first-order valence-electron chi connectivity index (χ1n) is 11.5. The van der Waals surface area contributed by atoms with E-state index in [0.717, 1.165) is 32.1 Å². The monoisotopic (exact) mass is 398 g/mol. The van der Waals surface area contributed by atoms with Crippen molar-refractivity contribution in [2.75, 3.05) is 52.4 Å². The molecular formula is C23H38N6. The largest absolute Gasteiger partial charge is 0.357 e. The maximum absolute atomic E-state index is 4.97. The fourth-order valence-corrected chi connectivity index (χ4v) is 5.01. The first kappa shape index (κ1) is 20.6. The lowest BCUT2D eigenvalue weighted by molar-refractivity contribution is 0.0174. The van der Waals surface area contributed by atoms with Gasteiger partial charge in [-0.3, -0.25) is 19.7 Å². The van der Waals surface area contributed by atoms with Gasteiger partial charge in [0.25, 0.3) is 0 Å². The number of nitrogens with one attached hydrogen (secondary N) is 2. The molecule has 160 valence electrons. The molecule has 4 saturated heterocycles. The molecule has 3 unspecified atom stereocenters. The lowest BCUT2D eigenvalue weighted by Crippen LogP contribution is -2.62. The number of likely N-dealkylation sites (tertiary alicyclic amines) is 1. The lowest BCUT2D eigenvalue weighted by Gasteiger charge is -2.47. The molecule has 4 fully saturated rings. The van der Waals surface area contributed by atoms with Gasteiger partial charge in [0.05, 0.1) is 6.54 Å². The molecule has 6 heteroatoms. The maximum atomic E-state index is 4.97. The summed E-state index contributed by atoms with van der Waals surface area (Å²) in [4.78, 5) is 12.8. The zero-order valence-corrected chi connectivity index (χ0v) is 18.2. The molecule has 4 heterocycles. The van der Waals surface area contributed by atoms with E-state index in [4.69, 9.17) is 4.99 Å². The van der Waals surface area contributed by atoms with Gasteiger partial charge in [-0.1, -0.05) is 30.3 Å². The summed E-state index contributed by atoms with van der Waals surface area (Å²) >= 11 is 0. The van der Waals surface area contributed by atoms with Crippen LogP contribution < -0.4 is 10.6 Å². The van der Waals surface area contributed by atoms with E-state index in [1.54, 1.807) is 0 Å². The third-order valence-electron chi connectivity index (χ3n) is 6.78. The number of aliphatic imine (C=N–C) groups is 1. The van der Waals surface area contributed by atoms with Crippen LogP contribution in [0, 0.1) is 0 Å². The molecule has 2 bridgehead atoms. The van der Waals surface area contributed by atoms with Crippen molar-refractivity contribution in [3.8, 4) is 0 Å². The minimum absolute atomic E-state index is 0.502. The molecule has 0 saturated carbocycles. The number of hydrogen-bond donors (Lipinski definition) is 2. The minimum Gasteiger partial charge on any atom is -0.357 e. The van der Waals surface area contributed by atoms with Gasteiger partial charge in [0.2, 0.25) is 0 Å². The number of piperazine rings is 3. The number of hydrogen-bond acceptors (Lipinski definition) is 4. The van der Waals surface area contributed by atoms with Gasteiger partial charge in [-0.2, -0.15) is 0 Å². The Balaban J connectivity index is 1.28. The van der Waals surface area contributed by atoms with E-state index < -0.39 is 0 Å². The molecular weight excluding hydrogens is 360 g/mol. The third-order valence-corrected chi connectivity index (χ3v) is 6.78. The van der Waals surface area contributed by atoms with Crippen LogP contribution in [0.5, 0.6) is 0 Å². The zero-order valence-electron chi connectivity index (χ0n) is 18.2. The molecule has 0 aromatic heterocycles. The van der Waals surface area contributed by atoms with Crippen LogP contribution >= 0.6 is 0 Å². The normalized spacial score (nSPS) is 32.9. The van der Waals surface area contributed by atoms with Crippen LogP contribution in [0.2, 0.25) is 0 Å². The average molecular weight is 399 g/mol. The Kier molecular flexibility index (Phi) is 7.06. The molecule has 0 amide bonds. The van der Waals surface area contributed by atoms with Crippen molar-refractivity contribution in [3.63, 3.8) is 0 Å². The second-order valence-electron chi connectivity index (χ2n) is 8.88. The van der Waals surface area contributed by atoms with Crippen LogP contribution in [0.4, 0.5) is 0 Å². The van der Waals surface area contributed by atoms with E-state index >= 15 is 0 Å². The van der Waals surface area contributed by atoms with Crippen LogP contribution in [-0.4, -0.2) is 91.1 Å². The summed E-state index contributed by atoms with van der Waals surface area (Å²) in [5.41, 5.74) is 1.41. The molecule has 5 rings (SSSR count). The van der Waals surface area contributed by atoms with Crippen molar-refractivity contribution in [1.29, 1.82) is 0 Å². The number of rotatable bonds is 6. The lowest BCUT2D eigenvalue weighted by atomic mass is 9.97. The highest BCUT2D eigenvalue weighted by Gasteiger charge is 2.31. The quantitative estimate of drug-likeness (QED) is 0.563. The van der Waals surface area contributed by atoms with Crippen molar-refractivity contribution in [2.24, 2.45) is 4.99 Å². The van der Waals surface area contributed by atoms with Crippen LogP contribution in [0.15, 0.2) is 35.3 Å². The van der Waals surface area contributed by atoms with E-state index in [0.29, 0.717) is 18.1 Å². The van der Waals surface area contributed by atoms with Gasteiger partial charge < -0.3 is 10.6 Å². The molecule has 0 radical (unpaired) electrons. The number of piperidine rings is 1. The second-order valence-corrected chi connectivity index (χ2v) is 8.88. The predicted molar refractivity (Wildman–Crippen MR) is 120 cm³/mol. The van der Waals surface area contributed by atoms with Gasteiger partial charge >= 0.3 is 0 Å². The van der Waals surface area contributed by atoms with Gasteiger partial charge in [-0.05, 0) is 32.3 Å². The van der Waals surface area contributed by atoms with Gasteiger partial charge in [0, 0.05) is 70.5 Å². The summed E-state index contributed by atoms with van der Waals surface area (Å²) in [6.45, 7) is 14.6. The molecule has 29 heavy (non-hydrogen) atoms. The molecule has 4 aliphatic heterocycles. The van der Waals surface area contributed by atoms with E-state index in [-0.39, 0.29) is 0 Å².